The smallest absolute Gasteiger partial charge is 0.168 e. The van der Waals surface area contributed by atoms with Gasteiger partial charge in [0.25, 0.3) is 0 Å². The summed E-state index contributed by atoms with van der Waals surface area (Å²) in [5.41, 5.74) is 10.2. The van der Waals surface area contributed by atoms with E-state index >= 15 is 0 Å². The Hall–Kier alpha value is -5.56. The fourth-order valence-corrected chi connectivity index (χ4v) is 2.98. The highest BCUT2D eigenvalue weighted by atomic mass is 16.1. The van der Waals surface area contributed by atoms with Gasteiger partial charge >= 0.3 is 0 Å². The summed E-state index contributed by atoms with van der Waals surface area (Å²) in [6.07, 6.45) is 4.73. The van der Waals surface area contributed by atoms with Gasteiger partial charge < -0.3 is 5.73 Å². The second kappa shape index (κ2) is 16.2. The molecule has 2 aromatic heterocycles. The Morgan fingerprint density at radius 1 is 0.462 bits per heavy atom. The van der Waals surface area contributed by atoms with Gasteiger partial charge in [0.05, 0.1) is 35.2 Å². The predicted molar refractivity (Wildman–Crippen MR) is 157 cm³/mol. The first-order chi connectivity index (χ1) is 19.2. The monoisotopic (exact) mass is 513 g/mol. The number of benzene rings is 3. The number of nitrogens with zero attached hydrogens (tertiary/aromatic N) is 4. The minimum Gasteiger partial charge on any atom is -0.399 e. The molecule has 0 saturated carbocycles. The molecule has 5 aromatic rings. The number of nitrogen functional groups attached to an aromatic ring is 1. The maximum absolute atomic E-state index is 10.1. The summed E-state index contributed by atoms with van der Waals surface area (Å²) in [7, 11) is 0. The fraction of sp³-hybridized carbons (Fsp3) is 0. The molecule has 2 heterocycles. The normalized spacial score (nSPS) is 10.2. The quantitative estimate of drug-likeness (QED) is 0.157. The van der Waals surface area contributed by atoms with Crippen molar-refractivity contribution in [3.8, 4) is 0 Å². The van der Waals surface area contributed by atoms with Gasteiger partial charge in [-0.1, -0.05) is 66.7 Å². The minimum absolute atomic E-state index is 0.282. The summed E-state index contributed by atoms with van der Waals surface area (Å²) in [6.45, 7) is 0. The zero-order chi connectivity index (χ0) is 27.5. The number of aldehydes is 2. The summed E-state index contributed by atoms with van der Waals surface area (Å²) in [6, 6.07) is 39.6. The van der Waals surface area contributed by atoms with E-state index in [2.05, 4.69) is 20.0 Å². The average molecular weight is 514 g/mol. The van der Waals surface area contributed by atoms with Crippen LogP contribution in [0.25, 0.3) is 0 Å². The van der Waals surface area contributed by atoms with Crippen LogP contribution in [0.1, 0.15) is 32.4 Å². The molecule has 3 aromatic carbocycles. The van der Waals surface area contributed by atoms with Crippen molar-refractivity contribution in [3.63, 3.8) is 0 Å². The molecule has 39 heavy (non-hydrogen) atoms. The Kier molecular flexibility index (Phi) is 11.7. The van der Waals surface area contributed by atoms with Crippen molar-refractivity contribution in [1.82, 2.24) is 9.97 Å². The van der Waals surface area contributed by atoms with Crippen molar-refractivity contribution < 1.29 is 9.59 Å². The van der Waals surface area contributed by atoms with Gasteiger partial charge in [-0.3, -0.25) is 19.6 Å². The van der Waals surface area contributed by atoms with Crippen LogP contribution in [0, 0.1) is 0 Å². The van der Waals surface area contributed by atoms with Crippen LogP contribution in [-0.2, 0) is 0 Å². The number of hydrogen-bond donors (Lipinski definition) is 1. The van der Waals surface area contributed by atoms with E-state index in [-0.39, 0.29) is 11.4 Å². The maximum Gasteiger partial charge on any atom is 0.168 e. The highest BCUT2D eigenvalue weighted by Crippen LogP contribution is 2.11. The molecule has 0 aliphatic rings. The lowest BCUT2D eigenvalue weighted by atomic mass is 10.3. The van der Waals surface area contributed by atoms with Crippen LogP contribution in [0.4, 0.5) is 17.1 Å². The molecule has 192 valence electrons. The van der Waals surface area contributed by atoms with Gasteiger partial charge in [-0.15, -0.1) is 0 Å². The SMILES string of the molecule is C(=Nc1ccccc1)c1cccc(C=Nc2ccccc2)n1.Nc1ccccc1.O=Cc1cccc(C=O)n1. The van der Waals surface area contributed by atoms with Crippen molar-refractivity contribution in [3.05, 3.63) is 150 Å². The van der Waals surface area contributed by atoms with Gasteiger partial charge in [-0.2, -0.15) is 0 Å². The standard InChI is InChI=1S/C19H15N3.C7H5NO2.C6H7N/c1-3-8-16(9-4-1)20-14-18-12-7-13-19(22-18)15-21-17-10-5-2-6-11-17;9-4-6-2-1-3-7(5-10)8-6;7-6-4-2-1-3-5-6/h1-15H;1-5H;1-5H,7H2. The van der Waals surface area contributed by atoms with E-state index in [0.717, 1.165) is 28.5 Å². The van der Waals surface area contributed by atoms with Gasteiger partial charge in [0.2, 0.25) is 0 Å². The molecule has 0 aliphatic heterocycles. The van der Waals surface area contributed by atoms with Gasteiger partial charge in [0, 0.05) is 5.69 Å². The zero-order valence-electron chi connectivity index (χ0n) is 21.1. The maximum atomic E-state index is 10.1. The van der Waals surface area contributed by atoms with Crippen LogP contribution in [0.15, 0.2) is 137 Å². The Morgan fingerprint density at radius 2 is 0.821 bits per heavy atom. The largest absolute Gasteiger partial charge is 0.399 e. The Labute approximate surface area is 227 Å². The van der Waals surface area contributed by atoms with Crippen LogP contribution < -0.4 is 5.73 Å². The van der Waals surface area contributed by atoms with Crippen LogP contribution in [-0.4, -0.2) is 35.0 Å². The van der Waals surface area contributed by atoms with E-state index < -0.39 is 0 Å². The number of aromatic nitrogens is 2. The topological polar surface area (TPSA) is 111 Å². The Bertz CT molecular complexity index is 1400. The average Bonchev–Trinajstić information content (AvgIpc) is 3.01. The molecule has 5 rings (SSSR count). The first-order valence-corrected chi connectivity index (χ1v) is 12.0. The van der Waals surface area contributed by atoms with Crippen molar-refractivity contribution in [2.24, 2.45) is 9.98 Å². The van der Waals surface area contributed by atoms with Crippen LogP contribution in [0.3, 0.4) is 0 Å². The lowest BCUT2D eigenvalue weighted by Gasteiger charge is -1.96. The third-order valence-electron chi connectivity index (χ3n) is 4.83. The molecular formula is C32H27N5O2. The first kappa shape index (κ1) is 28.0. The van der Waals surface area contributed by atoms with Crippen molar-refractivity contribution in [1.29, 1.82) is 0 Å². The molecule has 0 unspecified atom stereocenters. The number of nitrogens with two attached hydrogens (primary N) is 1. The van der Waals surface area contributed by atoms with E-state index in [1.807, 2.05) is 109 Å². The van der Waals surface area contributed by atoms with Crippen molar-refractivity contribution in [2.75, 3.05) is 5.73 Å². The van der Waals surface area contributed by atoms with Crippen LogP contribution >= 0.6 is 0 Å². The molecule has 0 fully saturated rings. The number of carbonyl (C=O) groups is 2. The van der Waals surface area contributed by atoms with Crippen molar-refractivity contribution in [2.45, 2.75) is 0 Å². The molecule has 0 spiro atoms. The molecule has 0 saturated heterocycles. The summed E-state index contributed by atoms with van der Waals surface area (Å²) in [5, 5.41) is 0. The third-order valence-corrected chi connectivity index (χ3v) is 4.83. The van der Waals surface area contributed by atoms with Gasteiger partial charge in [-0.25, -0.2) is 9.97 Å². The van der Waals surface area contributed by atoms with E-state index in [1.165, 1.54) is 0 Å². The van der Waals surface area contributed by atoms with E-state index in [9.17, 15) is 9.59 Å². The summed E-state index contributed by atoms with van der Waals surface area (Å²) in [4.78, 5) is 37.2. The summed E-state index contributed by atoms with van der Waals surface area (Å²) in [5.74, 6) is 0. The highest BCUT2D eigenvalue weighted by molar-refractivity contribution is 5.84. The third kappa shape index (κ3) is 10.9. The van der Waals surface area contributed by atoms with E-state index in [0.29, 0.717) is 12.6 Å². The molecule has 0 bridgehead atoms. The highest BCUT2D eigenvalue weighted by Gasteiger charge is 1.94. The molecule has 7 nitrogen and oxygen atoms in total. The zero-order valence-corrected chi connectivity index (χ0v) is 21.1. The fourth-order valence-electron chi connectivity index (χ4n) is 2.98. The molecule has 7 heteroatoms. The minimum atomic E-state index is 0.282. The Morgan fingerprint density at radius 3 is 1.18 bits per heavy atom. The van der Waals surface area contributed by atoms with Crippen LogP contribution in [0.2, 0.25) is 0 Å². The van der Waals surface area contributed by atoms with Gasteiger partial charge in [0.15, 0.2) is 12.6 Å². The lowest BCUT2D eigenvalue weighted by molar-refractivity contribution is 0.111. The molecule has 0 radical (unpaired) electrons. The molecule has 0 amide bonds. The first-order valence-electron chi connectivity index (χ1n) is 12.0. The van der Waals surface area contributed by atoms with E-state index in [1.54, 1.807) is 30.6 Å². The Balaban J connectivity index is 0.000000202. The number of hydrogen-bond acceptors (Lipinski definition) is 7. The predicted octanol–water partition coefficient (Wildman–Crippen LogP) is 6.56. The number of para-hydroxylation sites is 3. The number of pyridine rings is 2. The second-order valence-corrected chi connectivity index (χ2v) is 7.81. The number of carbonyl (C=O) groups excluding carboxylic acids is 2. The van der Waals surface area contributed by atoms with Crippen molar-refractivity contribution >= 4 is 42.1 Å². The van der Waals surface area contributed by atoms with Gasteiger partial charge in [-0.05, 0) is 60.7 Å². The number of rotatable bonds is 6. The van der Waals surface area contributed by atoms with Crippen LogP contribution in [0.5, 0.6) is 0 Å². The molecule has 0 atom stereocenters. The number of anilines is 1. The molecular weight excluding hydrogens is 486 g/mol. The van der Waals surface area contributed by atoms with Gasteiger partial charge in [0.1, 0.15) is 11.4 Å². The summed E-state index contributed by atoms with van der Waals surface area (Å²) < 4.78 is 0. The second-order valence-electron chi connectivity index (χ2n) is 7.81. The lowest BCUT2D eigenvalue weighted by Crippen LogP contribution is -1.92. The molecule has 2 N–H and O–H groups in total. The van der Waals surface area contributed by atoms with E-state index in [4.69, 9.17) is 5.73 Å². The molecule has 0 aliphatic carbocycles. The number of aliphatic imine (C=N–C) groups is 2. The summed E-state index contributed by atoms with van der Waals surface area (Å²) >= 11 is 0.